The number of benzene rings is 1. The standard InChI is InChI=1S/C50H78Cl2N2O12S/c1-14-38-50(10)43(54(47(58)66-50)19-17-33-15-16-36(51)37(52)22-33)29(4)41(55)27(2)24-49(9,60-13)45(65-39-23-35(21-28(3)61-39)53(11)34-18-20-67-26-34)30(5)42(31(6)46(57)63-38)64-40-25-48(8,59-12)44(56)32(7)62-40/h15-16,22,27-32,34-35,38-40,42-45,56H,14,17-21,23-26H2,1-13H3/t27-,28-,29-,30+,31-,32+,34?,35+,38+,39+,40+,42+,43-,44+,45-,48-,49+,50-/m1/s1. The fourth-order valence-electron chi connectivity index (χ4n) is 11.8. The average Bonchev–Trinajstić information content (AvgIpc) is 3.92. The molecule has 67 heavy (non-hydrogen) atoms. The lowest BCUT2D eigenvalue weighted by Crippen LogP contribution is -2.60. The van der Waals surface area contributed by atoms with Crippen molar-refractivity contribution in [3.05, 3.63) is 33.8 Å². The number of fused-ring (bicyclic) bond motifs is 1. The number of aliphatic hydroxyl groups is 1. The molecule has 380 valence electrons. The number of carbonyl (C=O) groups excluding carboxylic acids is 3. The molecule has 1 N–H and O–H groups in total. The van der Waals surface area contributed by atoms with Gasteiger partial charge in [0.25, 0.3) is 0 Å². The Morgan fingerprint density at radius 3 is 2.22 bits per heavy atom. The van der Waals surface area contributed by atoms with Gasteiger partial charge in [-0.1, -0.05) is 57.0 Å². The minimum atomic E-state index is -1.43. The van der Waals surface area contributed by atoms with E-state index in [1.807, 2.05) is 59.4 Å². The van der Waals surface area contributed by atoms with Gasteiger partial charge in [0.05, 0.1) is 57.6 Å². The van der Waals surface area contributed by atoms with E-state index in [1.54, 1.807) is 52.0 Å². The van der Waals surface area contributed by atoms with Gasteiger partial charge in [-0.05, 0) is 104 Å². The smallest absolute Gasteiger partial charge is 0.410 e. The van der Waals surface area contributed by atoms with Gasteiger partial charge in [-0.3, -0.25) is 19.4 Å². The van der Waals surface area contributed by atoms with Crippen LogP contribution in [0.25, 0.3) is 0 Å². The minimum absolute atomic E-state index is 0.100. The van der Waals surface area contributed by atoms with E-state index in [0.717, 1.165) is 29.9 Å². The van der Waals surface area contributed by atoms with E-state index in [9.17, 15) is 14.7 Å². The summed E-state index contributed by atoms with van der Waals surface area (Å²) < 4.78 is 52.5. The van der Waals surface area contributed by atoms with Crippen LogP contribution in [0.3, 0.4) is 0 Å². The second-order valence-corrected chi connectivity index (χ2v) is 22.7. The van der Waals surface area contributed by atoms with Crippen molar-refractivity contribution < 1.29 is 57.4 Å². The van der Waals surface area contributed by atoms with E-state index in [0.29, 0.717) is 28.9 Å². The van der Waals surface area contributed by atoms with Crippen LogP contribution in [0.5, 0.6) is 0 Å². The predicted octanol–water partition coefficient (Wildman–Crippen LogP) is 8.36. The Morgan fingerprint density at radius 1 is 0.896 bits per heavy atom. The van der Waals surface area contributed by atoms with Crippen LogP contribution in [-0.2, 0) is 53.9 Å². The van der Waals surface area contributed by atoms with Gasteiger partial charge in [0.1, 0.15) is 18.0 Å². The Hall–Kier alpha value is -1.76. The number of hydrogen-bond donors (Lipinski definition) is 1. The van der Waals surface area contributed by atoms with Crippen LogP contribution in [-0.4, -0.2) is 156 Å². The number of cyclic esters (lactones) is 1. The Kier molecular flexibility index (Phi) is 18.2. The van der Waals surface area contributed by atoms with Gasteiger partial charge in [-0.25, -0.2) is 4.79 Å². The van der Waals surface area contributed by atoms with E-state index in [1.165, 1.54) is 0 Å². The van der Waals surface area contributed by atoms with Gasteiger partial charge in [-0.2, -0.15) is 11.8 Å². The van der Waals surface area contributed by atoms with E-state index < -0.39 is 102 Å². The van der Waals surface area contributed by atoms with E-state index in [4.69, 9.17) is 61.1 Å². The first-order valence-corrected chi connectivity index (χ1v) is 26.3. The van der Waals surface area contributed by atoms with E-state index in [2.05, 4.69) is 18.9 Å². The zero-order valence-electron chi connectivity index (χ0n) is 42.0. The first-order chi connectivity index (χ1) is 31.5. The molecular formula is C50H78Cl2N2O12S. The number of methoxy groups -OCH3 is 2. The normalized spacial score (nSPS) is 42.6. The molecule has 0 radical (unpaired) electrons. The Morgan fingerprint density at radius 2 is 1.60 bits per heavy atom. The SMILES string of the molecule is CC[C@@H]1OC(=O)[C@H](C)[C@@H](O[C@H]2C[C@@](C)(OC)[C@@H](O)[C@H](C)O2)[C@H](C)[C@@H](O[C@H]2C[C@@H](N(C)C3CCSC3)C[C@@H](C)O2)[C@@](C)(OC)C[C@@H](C)C(=O)[C@@H](C)[C@H]2N(CCc3ccc(Cl)c(Cl)c3)C(=O)O[C@]12C. The highest BCUT2D eigenvalue weighted by Gasteiger charge is 2.61. The van der Waals surface area contributed by atoms with Crippen molar-refractivity contribution in [3.63, 3.8) is 0 Å². The lowest BCUT2D eigenvalue weighted by molar-refractivity contribution is -0.309. The number of nitrogens with zero attached hydrogens (tertiary/aromatic N) is 2. The number of Topliss-reactive ketones (excluding diaryl/α,β-unsaturated/α-hetero) is 1. The molecule has 17 heteroatoms. The maximum Gasteiger partial charge on any atom is 0.410 e. The zero-order chi connectivity index (χ0) is 49.3. The van der Waals surface area contributed by atoms with E-state index in [-0.39, 0.29) is 43.7 Å². The van der Waals surface area contributed by atoms with Crippen molar-refractivity contribution in [2.45, 2.75) is 198 Å². The highest BCUT2D eigenvalue weighted by atomic mass is 35.5. The largest absolute Gasteiger partial charge is 0.458 e. The van der Waals surface area contributed by atoms with Crippen LogP contribution in [0.15, 0.2) is 18.2 Å². The number of ether oxygens (including phenoxy) is 8. The van der Waals surface area contributed by atoms with E-state index >= 15 is 4.79 Å². The zero-order valence-corrected chi connectivity index (χ0v) is 44.3. The van der Waals surface area contributed by atoms with Gasteiger partial charge >= 0.3 is 12.1 Å². The molecule has 5 saturated heterocycles. The summed E-state index contributed by atoms with van der Waals surface area (Å²) in [5.41, 5.74) is -2.74. The Labute approximate surface area is 413 Å². The summed E-state index contributed by atoms with van der Waals surface area (Å²) in [4.78, 5) is 48.3. The number of hydrogen-bond acceptors (Lipinski definition) is 14. The number of aliphatic hydroxyl groups excluding tert-OH is 1. The predicted molar refractivity (Wildman–Crippen MR) is 258 cm³/mol. The molecule has 1 amide bonds. The second-order valence-electron chi connectivity index (χ2n) is 20.8. The molecule has 6 rings (SSSR count). The van der Waals surface area contributed by atoms with Gasteiger partial charge < -0.3 is 43.0 Å². The molecule has 5 fully saturated rings. The molecular weight excluding hydrogens is 924 g/mol. The topological polar surface area (TPSA) is 152 Å². The van der Waals surface area contributed by atoms with Crippen molar-refractivity contribution in [2.24, 2.45) is 23.7 Å². The van der Waals surface area contributed by atoms with Crippen molar-refractivity contribution >= 4 is 52.8 Å². The molecule has 5 heterocycles. The van der Waals surface area contributed by atoms with Crippen molar-refractivity contribution in [2.75, 3.05) is 39.3 Å². The van der Waals surface area contributed by atoms with Gasteiger partial charge in [-0.15, -0.1) is 0 Å². The molecule has 5 aliphatic heterocycles. The lowest BCUT2D eigenvalue weighted by Gasteiger charge is -2.49. The highest BCUT2D eigenvalue weighted by molar-refractivity contribution is 7.99. The fourth-order valence-corrected chi connectivity index (χ4v) is 13.4. The summed E-state index contributed by atoms with van der Waals surface area (Å²) in [6.07, 6.45) is -2.88. The van der Waals surface area contributed by atoms with Crippen molar-refractivity contribution in [1.82, 2.24) is 9.80 Å². The third kappa shape index (κ3) is 11.6. The van der Waals surface area contributed by atoms with Crippen LogP contribution in [0.2, 0.25) is 10.0 Å². The maximum absolute atomic E-state index is 15.1. The van der Waals surface area contributed by atoms with Crippen LogP contribution in [0, 0.1) is 23.7 Å². The number of thioether (sulfide) groups is 1. The molecule has 14 nitrogen and oxygen atoms in total. The van der Waals surface area contributed by atoms with Gasteiger partial charge in [0.15, 0.2) is 18.2 Å². The van der Waals surface area contributed by atoms with Gasteiger partial charge in [0.2, 0.25) is 0 Å². The molecule has 0 saturated carbocycles. The van der Waals surface area contributed by atoms with Crippen LogP contribution < -0.4 is 0 Å². The quantitative estimate of drug-likeness (QED) is 0.200. The molecule has 0 spiro atoms. The maximum atomic E-state index is 15.1. The van der Waals surface area contributed by atoms with Crippen LogP contribution in [0.4, 0.5) is 4.79 Å². The molecule has 18 atom stereocenters. The van der Waals surface area contributed by atoms with Crippen LogP contribution >= 0.6 is 35.0 Å². The summed E-state index contributed by atoms with van der Waals surface area (Å²) in [5, 5.41) is 12.0. The number of halogens is 2. The molecule has 1 aromatic rings. The number of esters is 1. The molecule has 0 bridgehead atoms. The third-order valence-electron chi connectivity index (χ3n) is 16.0. The summed E-state index contributed by atoms with van der Waals surface area (Å²) in [6, 6.07) is 5.18. The van der Waals surface area contributed by atoms with Gasteiger partial charge in [0, 0.05) is 69.2 Å². The second kappa shape index (κ2) is 22.3. The Balaban J connectivity index is 1.42. The first-order valence-electron chi connectivity index (χ1n) is 24.4. The average molecular weight is 1000 g/mol. The molecule has 5 aliphatic rings. The molecule has 1 aromatic carbocycles. The molecule has 0 aliphatic carbocycles. The number of carbonyl (C=O) groups is 3. The number of ketones is 1. The number of rotatable bonds is 12. The van der Waals surface area contributed by atoms with Crippen molar-refractivity contribution in [1.29, 1.82) is 0 Å². The highest BCUT2D eigenvalue weighted by Crippen LogP contribution is 2.45. The first kappa shape index (κ1) is 54.6. The third-order valence-corrected chi connectivity index (χ3v) is 17.9. The lowest BCUT2D eigenvalue weighted by atomic mass is 9.73. The monoisotopic (exact) mass is 1000 g/mol. The fraction of sp³-hybridized carbons (Fsp3) is 0.820. The van der Waals surface area contributed by atoms with Crippen LogP contribution in [0.1, 0.15) is 113 Å². The molecule has 0 aromatic heterocycles. The van der Waals surface area contributed by atoms with Crippen molar-refractivity contribution in [3.8, 4) is 0 Å². The molecule has 1 unspecified atom stereocenters. The summed E-state index contributed by atoms with van der Waals surface area (Å²) in [6.45, 7) is 18.9. The summed E-state index contributed by atoms with van der Waals surface area (Å²) >= 11 is 14.6. The number of amides is 1. The minimum Gasteiger partial charge on any atom is -0.458 e. The Bertz CT molecular complexity index is 1880. The summed E-state index contributed by atoms with van der Waals surface area (Å²) in [5.74, 6) is -1.38. The summed E-state index contributed by atoms with van der Waals surface area (Å²) in [7, 11) is 5.37.